The minimum absolute atomic E-state index is 0.0253. The summed E-state index contributed by atoms with van der Waals surface area (Å²) in [4.78, 5) is 23.3. The monoisotopic (exact) mass is 518 g/mol. The van der Waals surface area contributed by atoms with Crippen molar-refractivity contribution in [3.05, 3.63) is 57.1 Å². The Morgan fingerprint density at radius 3 is 2.31 bits per heavy atom. The van der Waals surface area contributed by atoms with Crippen LogP contribution in [0.2, 0.25) is 5.02 Å². The van der Waals surface area contributed by atoms with Gasteiger partial charge >= 0.3 is 6.09 Å². The molecular weight excluding hydrogens is 496 g/mol. The van der Waals surface area contributed by atoms with Gasteiger partial charge in [0.15, 0.2) is 15.6 Å². The summed E-state index contributed by atoms with van der Waals surface area (Å²) >= 11 is 6.04. The fourth-order valence-electron chi connectivity index (χ4n) is 2.44. The van der Waals surface area contributed by atoms with Gasteiger partial charge < -0.3 is 4.74 Å². The zero-order valence-corrected chi connectivity index (χ0v) is 21.3. The normalized spacial score (nSPS) is 11.8. The highest BCUT2D eigenvalue weighted by Gasteiger charge is 2.28. The Morgan fingerprint density at radius 2 is 1.81 bits per heavy atom. The molecule has 0 bridgehead atoms. The van der Waals surface area contributed by atoms with Gasteiger partial charge in [-0.1, -0.05) is 51.4 Å². The maximum Gasteiger partial charge on any atom is 0.425 e. The van der Waals surface area contributed by atoms with Gasteiger partial charge in [-0.05, 0) is 33.9 Å². The predicted molar refractivity (Wildman–Crippen MR) is 128 cm³/mol. The Hall–Kier alpha value is -1.95. The number of nitro benzene ring substituents is 1. The minimum Gasteiger partial charge on any atom is -0.407 e. The molecule has 2 rings (SSSR count). The number of amides is 1. The number of nitrogens with zero attached hydrogens (tertiary/aromatic N) is 2. The number of sulfone groups is 1. The molecule has 32 heavy (non-hydrogen) atoms. The van der Waals surface area contributed by atoms with Crippen LogP contribution >= 0.6 is 33.4 Å². The van der Waals surface area contributed by atoms with Gasteiger partial charge in [0.1, 0.15) is 4.90 Å². The van der Waals surface area contributed by atoms with Gasteiger partial charge in [0.05, 0.1) is 15.7 Å². The molecule has 8 nitrogen and oxygen atoms in total. The number of halogens is 1. The Balaban J connectivity index is 2.18. The lowest BCUT2D eigenvalue weighted by atomic mass is 9.87. The number of nitro groups is 1. The summed E-state index contributed by atoms with van der Waals surface area (Å²) in [6.07, 6.45) is -0.878. The first-order valence-electron chi connectivity index (χ1n) is 9.37. The number of non-ortho nitro benzene ring substituents is 1. The molecule has 0 aromatic heterocycles. The highest BCUT2D eigenvalue weighted by molar-refractivity contribution is 8.75. The molecule has 0 unspecified atom stereocenters. The quantitative estimate of drug-likeness (QED) is 0.186. The van der Waals surface area contributed by atoms with E-state index in [4.69, 9.17) is 16.3 Å². The minimum atomic E-state index is -3.95. The average Bonchev–Trinajstić information content (AvgIpc) is 2.72. The van der Waals surface area contributed by atoms with Crippen LogP contribution in [-0.4, -0.2) is 36.5 Å². The zero-order valence-electron chi connectivity index (χ0n) is 18.1. The number of benzene rings is 2. The van der Waals surface area contributed by atoms with E-state index < -0.39 is 37.2 Å². The van der Waals surface area contributed by atoms with Gasteiger partial charge in [-0.15, -0.1) is 0 Å². The largest absolute Gasteiger partial charge is 0.425 e. The van der Waals surface area contributed by atoms with E-state index in [9.17, 15) is 23.3 Å². The fraction of sp³-hybridized carbons (Fsp3) is 0.350. The van der Waals surface area contributed by atoms with Crippen molar-refractivity contribution in [1.82, 2.24) is 4.31 Å². The number of ether oxygens (including phenoxy) is 1. The van der Waals surface area contributed by atoms with Crippen molar-refractivity contribution in [2.45, 2.75) is 42.9 Å². The number of carbonyl (C=O) groups excluding carboxylic acids is 1. The van der Waals surface area contributed by atoms with Gasteiger partial charge in [0, 0.05) is 35.1 Å². The summed E-state index contributed by atoms with van der Waals surface area (Å²) in [6, 6.07) is 9.69. The summed E-state index contributed by atoms with van der Waals surface area (Å²) in [7, 11) is -0.101. The summed E-state index contributed by atoms with van der Waals surface area (Å²) in [5.41, 5.74) is 0.688. The Morgan fingerprint density at radius 1 is 1.22 bits per heavy atom. The van der Waals surface area contributed by atoms with Gasteiger partial charge in [0.25, 0.3) is 5.69 Å². The molecule has 0 N–H and O–H groups in total. The number of carbonyl (C=O) groups is 1. The van der Waals surface area contributed by atoms with Gasteiger partial charge in [0.2, 0.25) is 0 Å². The van der Waals surface area contributed by atoms with Crippen molar-refractivity contribution in [2.75, 3.05) is 12.8 Å². The zero-order chi connectivity index (χ0) is 24.3. The van der Waals surface area contributed by atoms with Crippen LogP contribution in [0.25, 0.3) is 0 Å². The molecule has 0 heterocycles. The van der Waals surface area contributed by atoms with Crippen LogP contribution in [0.15, 0.2) is 46.2 Å². The van der Waals surface area contributed by atoms with E-state index >= 15 is 0 Å². The van der Waals surface area contributed by atoms with Crippen molar-refractivity contribution in [3.8, 4) is 5.75 Å². The molecule has 0 aliphatic rings. The van der Waals surface area contributed by atoms with Crippen molar-refractivity contribution in [1.29, 1.82) is 0 Å². The molecule has 12 heteroatoms. The van der Waals surface area contributed by atoms with E-state index in [-0.39, 0.29) is 16.2 Å². The van der Waals surface area contributed by atoms with Crippen LogP contribution in [0.1, 0.15) is 33.3 Å². The molecule has 0 radical (unpaired) electrons. The van der Waals surface area contributed by atoms with E-state index in [1.165, 1.54) is 34.6 Å². The van der Waals surface area contributed by atoms with Crippen LogP contribution in [0.3, 0.4) is 0 Å². The lowest BCUT2D eigenvalue weighted by Crippen LogP contribution is -2.24. The third-order valence-corrected chi connectivity index (χ3v) is 8.73. The van der Waals surface area contributed by atoms with Gasteiger partial charge in [-0.25, -0.2) is 17.5 Å². The second-order valence-electron chi connectivity index (χ2n) is 7.71. The molecule has 0 fully saturated rings. The van der Waals surface area contributed by atoms with E-state index in [0.29, 0.717) is 0 Å². The second kappa shape index (κ2) is 10.3. The molecule has 174 valence electrons. The lowest BCUT2D eigenvalue weighted by molar-refractivity contribution is -0.385. The van der Waals surface area contributed by atoms with E-state index in [2.05, 4.69) is 20.8 Å². The first-order chi connectivity index (χ1) is 14.8. The van der Waals surface area contributed by atoms with Crippen LogP contribution in [-0.2, 0) is 15.3 Å². The van der Waals surface area contributed by atoms with E-state index in [0.717, 1.165) is 28.0 Å². The van der Waals surface area contributed by atoms with E-state index in [1.54, 1.807) is 0 Å². The summed E-state index contributed by atoms with van der Waals surface area (Å²) in [5, 5.41) is 10.7. The predicted octanol–water partition coefficient (Wildman–Crippen LogP) is 6.13. The molecule has 0 spiro atoms. The number of rotatable bonds is 7. The van der Waals surface area contributed by atoms with Crippen molar-refractivity contribution < 1.29 is 22.9 Å². The molecule has 1 amide bonds. The Kier molecular flexibility index (Phi) is 8.49. The average molecular weight is 519 g/mol. The number of hydrogen-bond acceptors (Lipinski definition) is 8. The Bertz CT molecular complexity index is 1120. The molecule has 0 aliphatic heterocycles. The molecular formula is C20H23ClN2O6S3. The Labute approximate surface area is 200 Å². The van der Waals surface area contributed by atoms with Gasteiger partial charge in [-0.2, -0.15) is 0 Å². The fourth-order valence-corrected chi connectivity index (χ4v) is 5.44. The third-order valence-electron chi connectivity index (χ3n) is 4.33. The molecule has 2 aromatic carbocycles. The van der Waals surface area contributed by atoms with Crippen LogP contribution in [0.4, 0.5) is 10.5 Å². The van der Waals surface area contributed by atoms with Crippen LogP contribution in [0, 0.1) is 10.1 Å². The molecule has 0 aliphatic carbocycles. The maximum absolute atomic E-state index is 12.5. The highest BCUT2D eigenvalue weighted by Crippen LogP contribution is 2.39. The van der Waals surface area contributed by atoms with Crippen LogP contribution < -0.4 is 4.74 Å². The van der Waals surface area contributed by atoms with Crippen molar-refractivity contribution in [2.24, 2.45) is 0 Å². The first-order valence-corrected chi connectivity index (χ1v) is 13.5. The standard InChI is InChI=1S/C20H23ClN2O6S3/c1-6-32(27,28)17-12-14(23(25)26)11-16(21)18(17)29-19(24)22(5)31-30-15-9-7-13(8-10-15)20(2,3)4/h7-12H,6H2,1-5H3. The van der Waals surface area contributed by atoms with E-state index in [1.807, 2.05) is 24.3 Å². The van der Waals surface area contributed by atoms with Gasteiger partial charge in [-0.3, -0.25) is 10.1 Å². The lowest BCUT2D eigenvalue weighted by Gasteiger charge is -2.19. The topological polar surface area (TPSA) is 107 Å². The molecule has 0 atom stereocenters. The third kappa shape index (κ3) is 6.53. The van der Waals surface area contributed by atoms with Crippen molar-refractivity contribution in [3.63, 3.8) is 0 Å². The highest BCUT2D eigenvalue weighted by atomic mass is 35.5. The molecule has 0 saturated carbocycles. The smallest absolute Gasteiger partial charge is 0.407 e. The first kappa shape index (κ1) is 26.3. The van der Waals surface area contributed by atoms with Crippen molar-refractivity contribution >= 4 is 55.0 Å². The maximum atomic E-state index is 12.5. The summed E-state index contributed by atoms with van der Waals surface area (Å²) in [5.74, 6) is -0.781. The SMILES string of the molecule is CCS(=O)(=O)c1cc([N+](=O)[O-])cc(Cl)c1OC(=O)N(C)SSc1ccc(C(C)(C)C)cc1. The second-order valence-corrected chi connectivity index (χ2v) is 12.6. The molecule has 0 saturated heterocycles. The summed E-state index contributed by atoms with van der Waals surface area (Å²) in [6.45, 7) is 7.72. The molecule has 2 aromatic rings. The summed E-state index contributed by atoms with van der Waals surface area (Å²) < 4.78 is 31.2. The number of hydrogen-bond donors (Lipinski definition) is 0. The van der Waals surface area contributed by atoms with Crippen LogP contribution in [0.5, 0.6) is 5.75 Å².